The van der Waals surface area contributed by atoms with E-state index in [1.807, 2.05) is 35.0 Å². The highest BCUT2D eigenvalue weighted by atomic mass is 16.2. The maximum absolute atomic E-state index is 12.2. The Bertz CT molecular complexity index is 482. The number of hydrogen-bond acceptors (Lipinski definition) is 3. The van der Waals surface area contributed by atoms with Crippen molar-refractivity contribution in [1.29, 1.82) is 0 Å². The molecule has 0 aliphatic carbocycles. The summed E-state index contributed by atoms with van der Waals surface area (Å²) in [6.45, 7) is 2.41. The van der Waals surface area contributed by atoms with E-state index in [0.717, 1.165) is 6.54 Å². The van der Waals surface area contributed by atoms with Gasteiger partial charge in [0.25, 0.3) is 0 Å². The van der Waals surface area contributed by atoms with Gasteiger partial charge in [-0.15, -0.1) is 0 Å². The highest BCUT2D eigenvalue weighted by Gasteiger charge is 2.26. The Hall–Kier alpha value is -1.88. The second-order valence-corrected chi connectivity index (χ2v) is 5.72. The highest BCUT2D eigenvalue weighted by Crippen LogP contribution is 2.16. The zero-order valence-electron chi connectivity index (χ0n) is 12.5. The Labute approximate surface area is 125 Å². The molecule has 0 spiro atoms. The Morgan fingerprint density at radius 3 is 2.43 bits per heavy atom. The maximum atomic E-state index is 12.2. The summed E-state index contributed by atoms with van der Waals surface area (Å²) in [5.74, 6) is -0.198. The van der Waals surface area contributed by atoms with Gasteiger partial charge in [0, 0.05) is 25.6 Å². The number of rotatable bonds is 5. The predicted octanol–water partition coefficient (Wildman–Crippen LogP) is 0.842. The van der Waals surface area contributed by atoms with Gasteiger partial charge >= 0.3 is 0 Å². The number of nitrogens with two attached hydrogens (primary N) is 1. The minimum Gasteiger partial charge on any atom is -0.369 e. The number of carbonyl (C=O) groups is 2. The number of hydrogen-bond donors (Lipinski definition) is 1. The maximum Gasteiger partial charge on any atom is 0.236 e. The Kier molecular flexibility index (Phi) is 5.33. The number of primary amides is 1. The number of likely N-dealkylation sites (N-methyl/N-ethyl adjacent to an activating group) is 1. The topological polar surface area (TPSA) is 66.6 Å². The number of likely N-dealkylation sites (tertiary alicyclic amines) is 1. The number of carbonyl (C=O) groups excluding carboxylic acids is 2. The molecule has 0 radical (unpaired) electrons. The molecule has 1 heterocycles. The van der Waals surface area contributed by atoms with Crippen LogP contribution in [0, 0.1) is 5.92 Å². The second kappa shape index (κ2) is 7.22. The molecule has 0 aromatic heterocycles. The smallest absolute Gasteiger partial charge is 0.236 e. The zero-order valence-corrected chi connectivity index (χ0v) is 12.5. The standard InChI is InChI=1S/C16H23N3O2/c1-18(11-13-5-3-2-4-6-13)12-15(20)19-9-7-14(8-10-19)16(17)21/h2-6,14H,7-12H2,1H3,(H2,17,21). The van der Waals surface area contributed by atoms with Crippen molar-refractivity contribution >= 4 is 11.8 Å². The van der Waals surface area contributed by atoms with Crippen LogP contribution in [0.15, 0.2) is 30.3 Å². The van der Waals surface area contributed by atoms with Crippen LogP contribution < -0.4 is 5.73 Å². The highest BCUT2D eigenvalue weighted by molar-refractivity contribution is 5.80. The van der Waals surface area contributed by atoms with Gasteiger partial charge in [-0.3, -0.25) is 14.5 Å². The first-order valence-corrected chi connectivity index (χ1v) is 7.36. The summed E-state index contributed by atoms with van der Waals surface area (Å²) in [6.07, 6.45) is 1.37. The first-order chi connectivity index (χ1) is 10.1. The zero-order chi connectivity index (χ0) is 15.2. The monoisotopic (exact) mass is 289 g/mol. The van der Waals surface area contributed by atoms with Crippen LogP contribution in [0.5, 0.6) is 0 Å². The Balaban J connectivity index is 1.78. The lowest BCUT2D eigenvalue weighted by Gasteiger charge is -2.31. The van der Waals surface area contributed by atoms with Gasteiger partial charge in [-0.1, -0.05) is 30.3 Å². The van der Waals surface area contributed by atoms with Gasteiger partial charge in [0.1, 0.15) is 0 Å². The molecule has 114 valence electrons. The summed E-state index contributed by atoms with van der Waals surface area (Å²) in [5, 5.41) is 0. The molecule has 1 aromatic carbocycles. The Morgan fingerprint density at radius 2 is 1.86 bits per heavy atom. The SMILES string of the molecule is CN(CC(=O)N1CCC(C(N)=O)CC1)Cc1ccccc1. The van der Waals surface area contributed by atoms with Gasteiger partial charge < -0.3 is 10.6 Å². The first-order valence-electron chi connectivity index (χ1n) is 7.36. The van der Waals surface area contributed by atoms with Crippen molar-refractivity contribution in [3.63, 3.8) is 0 Å². The summed E-state index contributed by atoms with van der Waals surface area (Å²) >= 11 is 0. The molecule has 1 fully saturated rings. The molecule has 2 amide bonds. The number of nitrogens with zero attached hydrogens (tertiary/aromatic N) is 2. The third-order valence-corrected chi connectivity index (χ3v) is 3.95. The van der Waals surface area contributed by atoms with E-state index < -0.39 is 0 Å². The minimum absolute atomic E-state index is 0.0731. The summed E-state index contributed by atoms with van der Waals surface area (Å²) in [7, 11) is 1.95. The number of amides is 2. The van der Waals surface area contributed by atoms with Gasteiger partial charge in [-0.2, -0.15) is 0 Å². The predicted molar refractivity (Wildman–Crippen MR) is 81.3 cm³/mol. The van der Waals surface area contributed by atoms with Crippen molar-refractivity contribution in [2.75, 3.05) is 26.7 Å². The molecular formula is C16H23N3O2. The van der Waals surface area contributed by atoms with Gasteiger partial charge in [0.05, 0.1) is 6.54 Å². The fourth-order valence-electron chi connectivity index (χ4n) is 2.70. The van der Waals surface area contributed by atoms with Crippen LogP contribution >= 0.6 is 0 Å². The van der Waals surface area contributed by atoms with Gasteiger partial charge in [0.2, 0.25) is 11.8 Å². The fraction of sp³-hybridized carbons (Fsp3) is 0.500. The van der Waals surface area contributed by atoms with E-state index in [1.165, 1.54) is 5.56 Å². The normalized spacial score (nSPS) is 16.2. The van der Waals surface area contributed by atoms with Crippen LogP contribution in [0.1, 0.15) is 18.4 Å². The molecule has 0 saturated carbocycles. The van der Waals surface area contributed by atoms with E-state index in [-0.39, 0.29) is 17.7 Å². The quantitative estimate of drug-likeness (QED) is 0.873. The van der Waals surface area contributed by atoms with Gasteiger partial charge in [-0.05, 0) is 25.5 Å². The van der Waals surface area contributed by atoms with Crippen LogP contribution in [-0.2, 0) is 16.1 Å². The van der Waals surface area contributed by atoms with E-state index in [1.54, 1.807) is 0 Å². The Morgan fingerprint density at radius 1 is 1.24 bits per heavy atom. The molecule has 2 rings (SSSR count). The largest absolute Gasteiger partial charge is 0.369 e. The lowest BCUT2D eigenvalue weighted by Crippen LogP contribution is -2.45. The minimum atomic E-state index is -0.247. The molecule has 1 aliphatic heterocycles. The molecular weight excluding hydrogens is 266 g/mol. The summed E-state index contributed by atoms with van der Waals surface area (Å²) < 4.78 is 0. The molecule has 2 N–H and O–H groups in total. The molecule has 5 heteroatoms. The van der Waals surface area contributed by atoms with Crippen LogP contribution in [-0.4, -0.2) is 48.3 Å². The third-order valence-electron chi connectivity index (χ3n) is 3.95. The lowest BCUT2D eigenvalue weighted by atomic mass is 9.96. The molecule has 0 bridgehead atoms. The van der Waals surface area contributed by atoms with Crippen molar-refractivity contribution in [3.8, 4) is 0 Å². The summed E-state index contributed by atoms with van der Waals surface area (Å²) in [6, 6.07) is 10.1. The van der Waals surface area contributed by atoms with E-state index in [0.29, 0.717) is 32.5 Å². The fourth-order valence-corrected chi connectivity index (χ4v) is 2.70. The summed E-state index contributed by atoms with van der Waals surface area (Å²) in [4.78, 5) is 27.2. The van der Waals surface area contributed by atoms with Gasteiger partial charge in [0.15, 0.2) is 0 Å². The van der Waals surface area contributed by atoms with Crippen molar-refractivity contribution < 1.29 is 9.59 Å². The lowest BCUT2D eigenvalue weighted by molar-refractivity contribution is -0.135. The van der Waals surface area contributed by atoms with Crippen molar-refractivity contribution in [1.82, 2.24) is 9.80 Å². The van der Waals surface area contributed by atoms with Crippen molar-refractivity contribution in [2.24, 2.45) is 11.7 Å². The average molecular weight is 289 g/mol. The molecule has 5 nitrogen and oxygen atoms in total. The molecule has 0 atom stereocenters. The molecule has 1 aromatic rings. The van der Waals surface area contributed by atoms with E-state index in [9.17, 15) is 9.59 Å². The molecule has 1 saturated heterocycles. The van der Waals surface area contributed by atoms with Crippen LogP contribution in [0.4, 0.5) is 0 Å². The van der Waals surface area contributed by atoms with E-state index in [2.05, 4.69) is 12.1 Å². The molecule has 21 heavy (non-hydrogen) atoms. The average Bonchev–Trinajstić information content (AvgIpc) is 2.48. The van der Waals surface area contributed by atoms with Crippen molar-refractivity contribution in [3.05, 3.63) is 35.9 Å². The van der Waals surface area contributed by atoms with E-state index >= 15 is 0 Å². The number of piperidine rings is 1. The van der Waals surface area contributed by atoms with Crippen molar-refractivity contribution in [2.45, 2.75) is 19.4 Å². The summed E-state index contributed by atoms with van der Waals surface area (Å²) in [5.41, 5.74) is 6.50. The van der Waals surface area contributed by atoms with E-state index in [4.69, 9.17) is 5.73 Å². The second-order valence-electron chi connectivity index (χ2n) is 5.72. The van der Waals surface area contributed by atoms with Crippen LogP contribution in [0.25, 0.3) is 0 Å². The van der Waals surface area contributed by atoms with Crippen LogP contribution in [0.3, 0.4) is 0 Å². The number of benzene rings is 1. The molecule has 0 unspecified atom stereocenters. The van der Waals surface area contributed by atoms with Gasteiger partial charge in [-0.25, -0.2) is 0 Å². The van der Waals surface area contributed by atoms with Crippen LogP contribution in [0.2, 0.25) is 0 Å². The first kappa shape index (κ1) is 15.5. The molecule has 1 aliphatic rings. The third kappa shape index (κ3) is 4.56.